The number of sulfone groups is 1. The van der Waals surface area contributed by atoms with Crippen molar-refractivity contribution in [1.82, 2.24) is 19.2 Å². The highest BCUT2D eigenvalue weighted by atomic mass is 32.2. The maximum absolute atomic E-state index is 12.5. The smallest absolute Gasteiger partial charge is 0.343 e. The molecule has 1 aromatic heterocycles. The summed E-state index contributed by atoms with van der Waals surface area (Å²) in [4.78, 5) is 26.9. The Morgan fingerprint density at radius 1 is 1.10 bits per heavy atom. The third kappa shape index (κ3) is 4.14. The van der Waals surface area contributed by atoms with Gasteiger partial charge in [0.15, 0.2) is 9.84 Å². The molecule has 0 N–H and O–H groups in total. The van der Waals surface area contributed by atoms with Crippen molar-refractivity contribution in [3.8, 4) is 0 Å². The second-order valence-electron chi connectivity index (χ2n) is 7.90. The molecule has 4 rings (SSSR count). The standard InChI is InChI=1S/C20H26N4O4S/c1-22-20(26)24(16-7-8-16)19(21-22)15-9-12-23(13-10-15)18(25)11-14-29(27,28)17-5-3-2-4-6-17/h2-6,15-16H,7-14H2,1H3. The lowest BCUT2D eigenvalue weighted by molar-refractivity contribution is -0.131. The first kappa shape index (κ1) is 19.9. The average molecular weight is 419 g/mol. The lowest BCUT2D eigenvalue weighted by Crippen LogP contribution is -2.39. The van der Waals surface area contributed by atoms with E-state index in [0.29, 0.717) is 13.1 Å². The average Bonchev–Trinajstić information content (AvgIpc) is 3.52. The first-order chi connectivity index (χ1) is 13.9. The SMILES string of the molecule is Cn1nc(C2CCN(C(=O)CCS(=O)(=O)c3ccccc3)CC2)n(C2CC2)c1=O. The zero-order valence-electron chi connectivity index (χ0n) is 16.5. The highest BCUT2D eigenvalue weighted by molar-refractivity contribution is 7.91. The molecule has 8 nitrogen and oxygen atoms in total. The molecule has 2 heterocycles. The summed E-state index contributed by atoms with van der Waals surface area (Å²) in [5.41, 5.74) is -0.0628. The van der Waals surface area contributed by atoms with Gasteiger partial charge < -0.3 is 4.90 Å². The Morgan fingerprint density at radius 2 is 1.76 bits per heavy atom. The Bertz CT molecular complexity index is 1050. The van der Waals surface area contributed by atoms with Gasteiger partial charge in [-0.15, -0.1) is 0 Å². The predicted molar refractivity (Wildman–Crippen MR) is 107 cm³/mol. The summed E-state index contributed by atoms with van der Waals surface area (Å²) in [6, 6.07) is 8.50. The molecule has 1 aromatic carbocycles. The van der Waals surface area contributed by atoms with Gasteiger partial charge in [0.2, 0.25) is 5.91 Å². The number of rotatable bonds is 6. The van der Waals surface area contributed by atoms with E-state index < -0.39 is 9.84 Å². The summed E-state index contributed by atoms with van der Waals surface area (Å²) in [7, 11) is -1.78. The number of likely N-dealkylation sites (tertiary alicyclic amines) is 1. The second kappa shape index (κ2) is 7.78. The lowest BCUT2D eigenvalue weighted by atomic mass is 9.95. The molecule has 1 saturated carbocycles. The minimum absolute atomic E-state index is 0.0156. The summed E-state index contributed by atoms with van der Waals surface area (Å²) in [6.45, 7) is 1.12. The van der Waals surface area contributed by atoms with Gasteiger partial charge in [-0.05, 0) is 37.8 Å². The van der Waals surface area contributed by atoms with E-state index in [-0.39, 0.29) is 40.6 Å². The zero-order chi connectivity index (χ0) is 20.6. The number of aromatic nitrogens is 3. The molecule has 0 radical (unpaired) electrons. The molecular weight excluding hydrogens is 392 g/mol. The van der Waals surface area contributed by atoms with Gasteiger partial charge >= 0.3 is 5.69 Å². The molecule has 1 amide bonds. The van der Waals surface area contributed by atoms with Crippen LogP contribution >= 0.6 is 0 Å². The van der Waals surface area contributed by atoms with Crippen molar-refractivity contribution < 1.29 is 13.2 Å². The molecule has 1 aliphatic heterocycles. The van der Waals surface area contributed by atoms with Crippen molar-refractivity contribution in [2.45, 2.75) is 49.0 Å². The van der Waals surface area contributed by atoms with Crippen molar-refractivity contribution in [2.24, 2.45) is 7.05 Å². The van der Waals surface area contributed by atoms with E-state index >= 15 is 0 Å². The van der Waals surface area contributed by atoms with Crippen LogP contribution in [0.15, 0.2) is 40.0 Å². The van der Waals surface area contributed by atoms with Crippen LogP contribution in [0.2, 0.25) is 0 Å². The molecule has 1 aliphatic carbocycles. The van der Waals surface area contributed by atoms with Gasteiger partial charge in [0.25, 0.3) is 0 Å². The van der Waals surface area contributed by atoms with Gasteiger partial charge in [0.05, 0.1) is 10.6 Å². The number of carbonyl (C=O) groups is 1. The van der Waals surface area contributed by atoms with Crippen molar-refractivity contribution in [1.29, 1.82) is 0 Å². The van der Waals surface area contributed by atoms with Crippen LogP contribution in [0.5, 0.6) is 0 Å². The summed E-state index contributed by atoms with van der Waals surface area (Å²) >= 11 is 0. The number of amides is 1. The predicted octanol–water partition coefficient (Wildman–Crippen LogP) is 1.49. The summed E-state index contributed by atoms with van der Waals surface area (Å²) in [6.07, 6.45) is 3.50. The van der Waals surface area contributed by atoms with E-state index in [1.165, 1.54) is 4.68 Å². The molecule has 0 spiro atoms. The second-order valence-corrected chi connectivity index (χ2v) is 10.0. The molecule has 0 unspecified atom stereocenters. The molecule has 156 valence electrons. The van der Waals surface area contributed by atoms with Crippen LogP contribution in [0.4, 0.5) is 0 Å². The maximum atomic E-state index is 12.5. The Balaban J connectivity index is 1.35. The van der Waals surface area contributed by atoms with Crippen LogP contribution in [0.1, 0.15) is 49.9 Å². The fourth-order valence-electron chi connectivity index (χ4n) is 3.97. The Kier molecular flexibility index (Phi) is 5.33. The van der Waals surface area contributed by atoms with E-state index in [1.807, 2.05) is 4.57 Å². The van der Waals surface area contributed by atoms with Crippen molar-refractivity contribution in [3.05, 3.63) is 46.6 Å². The van der Waals surface area contributed by atoms with Gasteiger partial charge in [-0.2, -0.15) is 5.10 Å². The third-order valence-corrected chi connectivity index (χ3v) is 7.53. The van der Waals surface area contributed by atoms with E-state index in [1.54, 1.807) is 42.3 Å². The Morgan fingerprint density at radius 3 is 2.38 bits per heavy atom. The van der Waals surface area contributed by atoms with Gasteiger partial charge in [-0.1, -0.05) is 18.2 Å². The first-order valence-corrected chi connectivity index (χ1v) is 11.7. The topological polar surface area (TPSA) is 94.3 Å². The highest BCUT2D eigenvalue weighted by Crippen LogP contribution is 2.37. The summed E-state index contributed by atoms with van der Waals surface area (Å²) < 4.78 is 28.0. The number of hydrogen-bond donors (Lipinski definition) is 0. The molecule has 2 fully saturated rings. The van der Waals surface area contributed by atoms with Crippen molar-refractivity contribution in [2.75, 3.05) is 18.8 Å². The van der Waals surface area contributed by atoms with Crippen LogP contribution in [0.3, 0.4) is 0 Å². The number of benzene rings is 1. The first-order valence-electron chi connectivity index (χ1n) is 10.1. The number of carbonyl (C=O) groups excluding carboxylic acids is 1. The molecule has 1 saturated heterocycles. The number of aryl methyl sites for hydroxylation is 1. The van der Waals surface area contributed by atoms with Crippen LogP contribution in [0, 0.1) is 0 Å². The normalized spacial score (nSPS) is 18.2. The minimum atomic E-state index is -3.46. The van der Waals surface area contributed by atoms with Crippen LogP contribution < -0.4 is 5.69 Å². The zero-order valence-corrected chi connectivity index (χ0v) is 17.3. The van der Waals surface area contributed by atoms with Crippen molar-refractivity contribution >= 4 is 15.7 Å². The maximum Gasteiger partial charge on any atom is 0.345 e. The minimum Gasteiger partial charge on any atom is -0.343 e. The van der Waals surface area contributed by atoms with Gasteiger partial charge in [0.1, 0.15) is 5.82 Å². The van der Waals surface area contributed by atoms with E-state index in [4.69, 9.17) is 0 Å². The van der Waals surface area contributed by atoms with E-state index in [2.05, 4.69) is 5.10 Å². The van der Waals surface area contributed by atoms with Crippen LogP contribution in [-0.2, 0) is 21.7 Å². The van der Waals surface area contributed by atoms with Gasteiger partial charge in [-0.25, -0.2) is 17.9 Å². The fourth-order valence-corrected chi connectivity index (χ4v) is 5.22. The lowest BCUT2D eigenvalue weighted by Gasteiger charge is -2.31. The molecule has 0 bridgehead atoms. The molecular formula is C20H26N4O4S. The third-order valence-electron chi connectivity index (χ3n) is 5.79. The molecule has 29 heavy (non-hydrogen) atoms. The van der Waals surface area contributed by atoms with Crippen molar-refractivity contribution in [3.63, 3.8) is 0 Å². The number of hydrogen-bond acceptors (Lipinski definition) is 5. The Labute approximate surface area is 170 Å². The van der Waals surface area contributed by atoms with Crippen LogP contribution in [-0.4, -0.2) is 52.4 Å². The number of nitrogens with zero attached hydrogens (tertiary/aromatic N) is 4. The Hall–Kier alpha value is -2.42. The fraction of sp³-hybridized carbons (Fsp3) is 0.550. The quantitative estimate of drug-likeness (QED) is 0.708. The van der Waals surface area contributed by atoms with E-state index in [9.17, 15) is 18.0 Å². The summed E-state index contributed by atoms with van der Waals surface area (Å²) in [5, 5.41) is 4.45. The van der Waals surface area contributed by atoms with Gasteiger partial charge in [0, 0.05) is 38.5 Å². The molecule has 9 heteroatoms. The number of piperidine rings is 1. The monoisotopic (exact) mass is 418 g/mol. The molecule has 0 atom stereocenters. The van der Waals surface area contributed by atoms with Gasteiger partial charge in [-0.3, -0.25) is 9.36 Å². The molecule has 2 aliphatic rings. The van der Waals surface area contributed by atoms with Crippen LogP contribution in [0.25, 0.3) is 0 Å². The molecule has 2 aromatic rings. The summed E-state index contributed by atoms with van der Waals surface area (Å²) in [5.74, 6) is 0.668. The van der Waals surface area contributed by atoms with E-state index in [0.717, 1.165) is 31.5 Å². The largest absolute Gasteiger partial charge is 0.345 e. The highest BCUT2D eigenvalue weighted by Gasteiger charge is 2.34.